The van der Waals surface area contributed by atoms with Crippen LogP contribution in [-0.2, 0) is 4.74 Å². The highest BCUT2D eigenvalue weighted by Crippen LogP contribution is 2.24. The zero-order valence-corrected chi connectivity index (χ0v) is 15.1. The van der Waals surface area contributed by atoms with Gasteiger partial charge in [0.2, 0.25) is 0 Å². The van der Waals surface area contributed by atoms with Crippen molar-refractivity contribution in [2.75, 3.05) is 25.2 Å². The number of hydrogen-bond donors (Lipinski definition) is 2. The van der Waals surface area contributed by atoms with Crippen molar-refractivity contribution in [3.05, 3.63) is 59.1 Å². The van der Waals surface area contributed by atoms with Gasteiger partial charge in [-0.25, -0.2) is 0 Å². The van der Waals surface area contributed by atoms with E-state index in [0.717, 1.165) is 5.69 Å². The molecule has 138 valence electrons. The van der Waals surface area contributed by atoms with Gasteiger partial charge in [0.15, 0.2) is 0 Å². The van der Waals surface area contributed by atoms with Crippen molar-refractivity contribution in [3.8, 4) is 5.75 Å². The summed E-state index contributed by atoms with van der Waals surface area (Å²) in [6.07, 6.45) is -1.34. The van der Waals surface area contributed by atoms with Crippen molar-refractivity contribution in [1.82, 2.24) is 5.32 Å². The van der Waals surface area contributed by atoms with Crippen LogP contribution in [0.2, 0.25) is 5.02 Å². The zero-order chi connectivity index (χ0) is 18.5. The first kappa shape index (κ1) is 18.5. The molecule has 6 nitrogen and oxygen atoms in total. The van der Waals surface area contributed by atoms with Crippen LogP contribution in [0.4, 0.5) is 5.69 Å². The number of para-hydroxylation sites is 1. The molecule has 0 fully saturated rings. The molecule has 7 heteroatoms. The molecule has 2 aromatic rings. The maximum absolute atomic E-state index is 12.5. The molecule has 2 unspecified atom stereocenters. The third-order valence-electron chi connectivity index (χ3n) is 4.18. The summed E-state index contributed by atoms with van der Waals surface area (Å²) in [4.78, 5) is 14.2. The molecule has 0 radical (unpaired) electrons. The van der Waals surface area contributed by atoms with Crippen LogP contribution in [0.5, 0.6) is 5.75 Å². The summed E-state index contributed by atoms with van der Waals surface area (Å²) >= 11 is 6.16. The van der Waals surface area contributed by atoms with E-state index in [2.05, 4.69) is 5.32 Å². The van der Waals surface area contributed by atoms with Crippen molar-refractivity contribution in [1.29, 1.82) is 0 Å². The van der Waals surface area contributed by atoms with Crippen LogP contribution in [0, 0.1) is 0 Å². The van der Waals surface area contributed by atoms with Gasteiger partial charge in [0.05, 0.1) is 17.2 Å². The van der Waals surface area contributed by atoms with Crippen molar-refractivity contribution in [2.45, 2.75) is 18.9 Å². The fourth-order valence-corrected chi connectivity index (χ4v) is 2.95. The lowest BCUT2D eigenvalue weighted by Crippen LogP contribution is -2.44. The van der Waals surface area contributed by atoms with E-state index in [1.165, 1.54) is 0 Å². The van der Waals surface area contributed by atoms with E-state index >= 15 is 0 Å². The standard InChI is InChI=1S/C19H21ClN2O4/c1-22(13-5-3-2-4-6-13)18(23)12-17-21-19(24)15-8-7-14(11-16(15)20)25-9-10-26-17/h2-8,11,17-18,23H,9-10,12H2,1H3,(H,21,24). The van der Waals surface area contributed by atoms with Crippen LogP contribution in [0.1, 0.15) is 16.8 Å². The van der Waals surface area contributed by atoms with Gasteiger partial charge in [0.1, 0.15) is 24.8 Å². The molecule has 0 aromatic heterocycles. The highest BCUT2D eigenvalue weighted by atomic mass is 35.5. The molecule has 1 amide bonds. The molecule has 0 saturated heterocycles. The summed E-state index contributed by atoms with van der Waals surface area (Å²) in [7, 11) is 1.78. The minimum atomic E-state index is -0.842. The average molecular weight is 377 g/mol. The maximum atomic E-state index is 12.5. The minimum Gasteiger partial charge on any atom is -0.491 e. The van der Waals surface area contributed by atoms with E-state index < -0.39 is 12.5 Å². The van der Waals surface area contributed by atoms with Gasteiger partial charge in [-0.15, -0.1) is 0 Å². The van der Waals surface area contributed by atoms with Crippen molar-refractivity contribution in [2.24, 2.45) is 0 Å². The fourth-order valence-electron chi connectivity index (χ4n) is 2.70. The lowest BCUT2D eigenvalue weighted by Gasteiger charge is -2.29. The molecule has 2 atom stereocenters. The SMILES string of the molecule is CN(c1ccccc1)C(O)CC1NC(=O)c2ccc(cc2Cl)OCCO1. The summed E-state index contributed by atoms with van der Waals surface area (Å²) in [5.41, 5.74) is 1.20. The molecular weight excluding hydrogens is 356 g/mol. The molecule has 0 saturated carbocycles. The van der Waals surface area contributed by atoms with Crippen molar-refractivity contribution < 1.29 is 19.4 Å². The Balaban J connectivity index is 1.71. The lowest BCUT2D eigenvalue weighted by molar-refractivity contribution is -0.0130. The van der Waals surface area contributed by atoms with Crippen LogP contribution >= 0.6 is 11.6 Å². The normalized spacial score (nSPS) is 18.4. The first-order chi connectivity index (χ1) is 12.5. The third-order valence-corrected chi connectivity index (χ3v) is 4.50. The summed E-state index contributed by atoms with van der Waals surface area (Å²) in [5.74, 6) is 0.223. The number of aliphatic hydroxyl groups is 1. The molecule has 2 heterocycles. The highest BCUT2D eigenvalue weighted by molar-refractivity contribution is 6.34. The maximum Gasteiger partial charge on any atom is 0.254 e. The lowest BCUT2D eigenvalue weighted by atomic mass is 10.2. The number of amides is 1. The van der Waals surface area contributed by atoms with Gasteiger partial charge < -0.3 is 24.8 Å². The number of fused-ring (bicyclic) bond motifs is 8. The van der Waals surface area contributed by atoms with Gasteiger partial charge in [-0.1, -0.05) is 29.8 Å². The second kappa shape index (κ2) is 8.40. The van der Waals surface area contributed by atoms with Gasteiger partial charge in [0, 0.05) is 19.2 Å². The van der Waals surface area contributed by atoms with E-state index in [1.807, 2.05) is 30.3 Å². The highest BCUT2D eigenvalue weighted by Gasteiger charge is 2.23. The zero-order valence-electron chi connectivity index (χ0n) is 14.4. The third kappa shape index (κ3) is 4.46. The number of nitrogens with one attached hydrogen (secondary N) is 1. The quantitative estimate of drug-likeness (QED) is 0.803. The van der Waals surface area contributed by atoms with Crippen LogP contribution in [0.25, 0.3) is 0 Å². The smallest absolute Gasteiger partial charge is 0.254 e. The number of carbonyl (C=O) groups is 1. The summed E-state index contributed by atoms with van der Waals surface area (Å²) in [6, 6.07) is 14.4. The molecular formula is C19H21ClN2O4. The number of aliphatic hydroxyl groups excluding tert-OH is 1. The Hall–Kier alpha value is -2.28. The van der Waals surface area contributed by atoms with Crippen LogP contribution in [-0.4, -0.2) is 43.7 Å². The Morgan fingerprint density at radius 2 is 2.04 bits per heavy atom. The first-order valence-electron chi connectivity index (χ1n) is 8.35. The van der Waals surface area contributed by atoms with Crippen LogP contribution in [0.3, 0.4) is 0 Å². The first-order valence-corrected chi connectivity index (χ1v) is 8.73. The van der Waals surface area contributed by atoms with Gasteiger partial charge in [-0.2, -0.15) is 0 Å². The molecule has 2 N–H and O–H groups in total. The molecule has 2 aromatic carbocycles. The van der Waals surface area contributed by atoms with Gasteiger partial charge in [-0.3, -0.25) is 4.79 Å². The predicted molar refractivity (Wildman–Crippen MR) is 99.6 cm³/mol. The molecule has 2 bridgehead atoms. The second-order valence-electron chi connectivity index (χ2n) is 5.99. The summed E-state index contributed by atoms with van der Waals surface area (Å²) in [5, 5.41) is 13.6. The Bertz CT molecular complexity index is 756. The van der Waals surface area contributed by atoms with Crippen LogP contribution < -0.4 is 15.0 Å². The average Bonchev–Trinajstić information content (AvgIpc) is 2.69. The Kier molecular flexibility index (Phi) is 5.98. The van der Waals surface area contributed by atoms with Crippen LogP contribution in [0.15, 0.2) is 48.5 Å². The van der Waals surface area contributed by atoms with Gasteiger partial charge in [0.25, 0.3) is 5.91 Å². The summed E-state index contributed by atoms with van der Waals surface area (Å²) in [6.45, 7) is 0.581. The number of hydrogen-bond acceptors (Lipinski definition) is 5. The Morgan fingerprint density at radius 1 is 1.27 bits per heavy atom. The number of carbonyl (C=O) groups excluding carboxylic acids is 1. The number of benzene rings is 2. The monoisotopic (exact) mass is 376 g/mol. The number of nitrogens with zero attached hydrogens (tertiary/aromatic N) is 1. The van der Waals surface area contributed by atoms with E-state index in [9.17, 15) is 9.90 Å². The van der Waals surface area contributed by atoms with E-state index in [0.29, 0.717) is 22.9 Å². The molecule has 26 heavy (non-hydrogen) atoms. The Labute approximate surface area is 157 Å². The largest absolute Gasteiger partial charge is 0.491 e. The van der Waals surface area contributed by atoms with E-state index in [1.54, 1.807) is 30.1 Å². The Morgan fingerprint density at radius 3 is 2.77 bits per heavy atom. The number of anilines is 1. The molecule has 0 spiro atoms. The second-order valence-corrected chi connectivity index (χ2v) is 6.39. The topological polar surface area (TPSA) is 71.0 Å². The summed E-state index contributed by atoms with van der Waals surface area (Å²) < 4.78 is 11.3. The van der Waals surface area contributed by atoms with Gasteiger partial charge >= 0.3 is 0 Å². The molecule has 2 aliphatic heterocycles. The predicted octanol–water partition coefficient (Wildman–Crippen LogP) is 2.65. The van der Waals surface area contributed by atoms with Crippen molar-refractivity contribution in [3.63, 3.8) is 0 Å². The van der Waals surface area contributed by atoms with E-state index in [-0.39, 0.29) is 18.9 Å². The number of halogens is 1. The van der Waals surface area contributed by atoms with Gasteiger partial charge in [-0.05, 0) is 30.3 Å². The minimum absolute atomic E-state index is 0.187. The number of ether oxygens (including phenoxy) is 2. The molecule has 4 rings (SSSR count). The molecule has 0 aliphatic carbocycles. The van der Waals surface area contributed by atoms with Crippen molar-refractivity contribution >= 4 is 23.2 Å². The molecule has 2 aliphatic rings. The van der Waals surface area contributed by atoms with E-state index in [4.69, 9.17) is 21.1 Å². The fraction of sp³-hybridized carbons (Fsp3) is 0.316. The number of rotatable bonds is 4.